The summed E-state index contributed by atoms with van der Waals surface area (Å²) in [5.41, 5.74) is 1.11. The minimum atomic E-state index is 0.0177. The van der Waals surface area contributed by atoms with E-state index >= 15 is 0 Å². The monoisotopic (exact) mass is 297 g/mol. The second-order valence-corrected chi connectivity index (χ2v) is 4.65. The Balaban J connectivity index is 2.35. The van der Waals surface area contributed by atoms with Crippen molar-refractivity contribution < 1.29 is 18.9 Å². The van der Waals surface area contributed by atoms with Crippen molar-refractivity contribution in [3.05, 3.63) is 29.8 Å². The van der Waals surface area contributed by atoms with Crippen LogP contribution < -0.4 is 10.1 Å². The third-order valence-corrected chi connectivity index (χ3v) is 3.04. The zero-order valence-electron chi connectivity index (χ0n) is 13.3. The average Bonchev–Trinajstić information content (AvgIpc) is 2.53. The largest absolute Gasteiger partial charge is 0.497 e. The molecule has 0 bridgehead atoms. The van der Waals surface area contributed by atoms with Crippen molar-refractivity contribution >= 4 is 0 Å². The molecule has 0 aliphatic rings. The molecule has 1 atom stereocenters. The van der Waals surface area contributed by atoms with Gasteiger partial charge >= 0.3 is 0 Å². The van der Waals surface area contributed by atoms with Crippen LogP contribution >= 0.6 is 0 Å². The predicted octanol–water partition coefficient (Wildman–Crippen LogP) is 2.03. The van der Waals surface area contributed by atoms with E-state index in [1.54, 1.807) is 14.2 Å². The SMILES string of the molecule is CNCC(OCCCOCCOC)c1cccc(OC)c1. The van der Waals surface area contributed by atoms with Gasteiger partial charge in [0.1, 0.15) is 5.75 Å². The third kappa shape index (κ3) is 7.43. The van der Waals surface area contributed by atoms with Gasteiger partial charge in [0, 0.05) is 26.9 Å². The molecule has 0 amide bonds. The fourth-order valence-electron chi connectivity index (χ4n) is 1.93. The number of benzene rings is 1. The Bertz CT molecular complexity index is 373. The van der Waals surface area contributed by atoms with E-state index in [2.05, 4.69) is 11.4 Å². The summed E-state index contributed by atoms with van der Waals surface area (Å²) in [5, 5.41) is 3.16. The first kappa shape index (κ1) is 17.9. The van der Waals surface area contributed by atoms with Gasteiger partial charge < -0.3 is 24.3 Å². The molecule has 5 heteroatoms. The molecular weight excluding hydrogens is 270 g/mol. The summed E-state index contributed by atoms with van der Waals surface area (Å²) in [6.45, 7) is 3.38. The predicted molar refractivity (Wildman–Crippen MR) is 82.9 cm³/mol. The van der Waals surface area contributed by atoms with E-state index in [1.807, 2.05) is 25.2 Å². The summed E-state index contributed by atoms with van der Waals surface area (Å²) in [6.07, 6.45) is 0.887. The number of nitrogens with one attached hydrogen (secondary N) is 1. The van der Waals surface area contributed by atoms with Crippen LogP contribution in [0.1, 0.15) is 18.1 Å². The highest BCUT2D eigenvalue weighted by Crippen LogP contribution is 2.21. The Morgan fingerprint density at radius 3 is 2.67 bits per heavy atom. The lowest BCUT2D eigenvalue weighted by Crippen LogP contribution is -2.20. The molecule has 1 rings (SSSR count). The molecule has 0 saturated heterocycles. The van der Waals surface area contributed by atoms with Gasteiger partial charge in [0.25, 0.3) is 0 Å². The standard InChI is InChI=1S/C16H27NO4/c1-17-13-16(14-6-4-7-15(12-14)19-3)21-9-5-8-20-11-10-18-2/h4,6-7,12,16-17H,5,8-11,13H2,1-3H3. The maximum absolute atomic E-state index is 5.95. The molecule has 0 radical (unpaired) electrons. The van der Waals surface area contributed by atoms with E-state index in [0.29, 0.717) is 26.4 Å². The second kappa shape index (κ2) is 11.5. The van der Waals surface area contributed by atoms with Gasteiger partial charge in [-0.2, -0.15) is 0 Å². The molecule has 1 unspecified atom stereocenters. The molecule has 1 aromatic rings. The van der Waals surface area contributed by atoms with Crippen molar-refractivity contribution in [1.29, 1.82) is 0 Å². The summed E-state index contributed by atoms with van der Waals surface area (Å²) >= 11 is 0. The van der Waals surface area contributed by atoms with Crippen molar-refractivity contribution in [3.63, 3.8) is 0 Å². The topological polar surface area (TPSA) is 49.0 Å². The van der Waals surface area contributed by atoms with Gasteiger partial charge in [-0.1, -0.05) is 12.1 Å². The molecule has 1 aromatic carbocycles. The van der Waals surface area contributed by atoms with Gasteiger partial charge in [0.05, 0.1) is 26.4 Å². The van der Waals surface area contributed by atoms with Crippen molar-refractivity contribution in [2.75, 3.05) is 54.2 Å². The number of methoxy groups -OCH3 is 2. The lowest BCUT2D eigenvalue weighted by molar-refractivity contribution is 0.0236. The Labute approximate surface area is 127 Å². The first-order chi connectivity index (χ1) is 10.3. The Kier molecular flexibility index (Phi) is 9.82. The van der Waals surface area contributed by atoms with Crippen molar-refractivity contribution in [2.24, 2.45) is 0 Å². The number of hydrogen-bond donors (Lipinski definition) is 1. The number of ether oxygens (including phenoxy) is 4. The van der Waals surface area contributed by atoms with Crippen LogP contribution in [-0.4, -0.2) is 54.2 Å². The fraction of sp³-hybridized carbons (Fsp3) is 0.625. The summed E-state index contributed by atoms with van der Waals surface area (Å²) in [7, 11) is 5.26. The molecular formula is C16H27NO4. The van der Waals surface area contributed by atoms with Crippen molar-refractivity contribution in [3.8, 4) is 5.75 Å². The highest BCUT2D eigenvalue weighted by atomic mass is 16.5. The van der Waals surface area contributed by atoms with Gasteiger partial charge in [0.2, 0.25) is 0 Å². The Morgan fingerprint density at radius 2 is 1.95 bits per heavy atom. The fourth-order valence-corrected chi connectivity index (χ4v) is 1.93. The van der Waals surface area contributed by atoms with Crippen molar-refractivity contribution in [1.82, 2.24) is 5.32 Å². The maximum Gasteiger partial charge on any atom is 0.119 e. The normalized spacial score (nSPS) is 12.3. The number of hydrogen-bond acceptors (Lipinski definition) is 5. The van der Waals surface area contributed by atoms with E-state index < -0.39 is 0 Å². The molecule has 0 spiro atoms. The minimum absolute atomic E-state index is 0.0177. The summed E-state index contributed by atoms with van der Waals surface area (Å²) in [5.74, 6) is 0.847. The average molecular weight is 297 g/mol. The first-order valence-corrected chi connectivity index (χ1v) is 7.28. The maximum atomic E-state index is 5.95. The molecule has 120 valence electrons. The van der Waals surface area contributed by atoms with E-state index in [9.17, 15) is 0 Å². The van der Waals surface area contributed by atoms with Crippen LogP contribution in [0.15, 0.2) is 24.3 Å². The highest BCUT2D eigenvalue weighted by Gasteiger charge is 2.11. The molecule has 21 heavy (non-hydrogen) atoms. The van der Waals surface area contributed by atoms with Crippen LogP contribution in [-0.2, 0) is 14.2 Å². The first-order valence-electron chi connectivity index (χ1n) is 7.28. The highest BCUT2D eigenvalue weighted by molar-refractivity contribution is 5.30. The summed E-state index contributed by atoms with van der Waals surface area (Å²) in [4.78, 5) is 0. The third-order valence-electron chi connectivity index (χ3n) is 3.04. The molecule has 0 fully saturated rings. The zero-order valence-corrected chi connectivity index (χ0v) is 13.3. The van der Waals surface area contributed by atoms with Crippen LogP contribution in [0.5, 0.6) is 5.75 Å². The zero-order chi connectivity index (χ0) is 15.3. The van der Waals surface area contributed by atoms with E-state index in [0.717, 1.165) is 24.3 Å². The molecule has 0 heterocycles. The van der Waals surface area contributed by atoms with E-state index in [1.165, 1.54) is 0 Å². The van der Waals surface area contributed by atoms with Gasteiger partial charge in [0.15, 0.2) is 0 Å². The number of likely N-dealkylation sites (N-methyl/N-ethyl adjacent to an activating group) is 1. The molecule has 0 aromatic heterocycles. The van der Waals surface area contributed by atoms with Crippen LogP contribution in [0.2, 0.25) is 0 Å². The van der Waals surface area contributed by atoms with Crippen LogP contribution in [0.4, 0.5) is 0 Å². The number of rotatable bonds is 12. The second-order valence-electron chi connectivity index (χ2n) is 4.65. The van der Waals surface area contributed by atoms with Crippen LogP contribution in [0, 0.1) is 0 Å². The van der Waals surface area contributed by atoms with Gasteiger partial charge in [-0.3, -0.25) is 0 Å². The van der Waals surface area contributed by atoms with E-state index in [-0.39, 0.29) is 6.10 Å². The van der Waals surface area contributed by atoms with E-state index in [4.69, 9.17) is 18.9 Å². The van der Waals surface area contributed by atoms with Crippen molar-refractivity contribution in [2.45, 2.75) is 12.5 Å². The van der Waals surface area contributed by atoms with Crippen LogP contribution in [0.25, 0.3) is 0 Å². The van der Waals surface area contributed by atoms with Crippen LogP contribution in [0.3, 0.4) is 0 Å². The molecule has 5 nitrogen and oxygen atoms in total. The van der Waals surface area contributed by atoms with Gasteiger partial charge in [-0.15, -0.1) is 0 Å². The molecule has 0 aliphatic heterocycles. The Morgan fingerprint density at radius 1 is 1.10 bits per heavy atom. The molecule has 1 N–H and O–H groups in total. The smallest absolute Gasteiger partial charge is 0.119 e. The molecule has 0 saturated carbocycles. The van der Waals surface area contributed by atoms with Gasteiger partial charge in [-0.25, -0.2) is 0 Å². The summed E-state index contributed by atoms with van der Waals surface area (Å²) < 4.78 is 21.5. The quantitative estimate of drug-likeness (QED) is 0.598. The molecule has 0 aliphatic carbocycles. The van der Waals surface area contributed by atoms with Gasteiger partial charge in [-0.05, 0) is 31.2 Å². The lowest BCUT2D eigenvalue weighted by atomic mass is 10.1. The Hall–Kier alpha value is -1.14. The lowest BCUT2D eigenvalue weighted by Gasteiger charge is -2.18. The summed E-state index contributed by atoms with van der Waals surface area (Å²) in [6, 6.07) is 7.98. The minimum Gasteiger partial charge on any atom is -0.497 e.